The van der Waals surface area contributed by atoms with Crippen LogP contribution in [0.15, 0.2) is 97.2 Å². The first-order valence-corrected chi connectivity index (χ1v) is 23.6. The quantitative estimate of drug-likeness (QED) is 0.0156. The third-order valence-electron chi connectivity index (χ3n) is 8.76. The molecule has 0 fully saturated rings. The second kappa shape index (κ2) is 39.1. The minimum atomic E-state index is -4.42. The van der Waals surface area contributed by atoms with Crippen LogP contribution in [0.1, 0.15) is 136 Å². The molecule has 0 aliphatic rings. The molecule has 0 aromatic carbocycles. The Labute approximate surface area is 358 Å². The van der Waals surface area contributed by atoms with Gasteiger partial charge in [-0.3, -0.25) is 18.6 Å². The van der Waals surface area contributed by atoms with E-state index in [4.69, 9.17) is 18.5 Å². The van der Waals surface area contributed by atoms with E-state index >= 15 is 0 Å². The van der Waals surface area contributed by atoms with Crippen LogP contribution in [-0.4, -0.2) is 86.1 Å². The van der Waals surface area contributed by atoms with E-state index in [-0.39, 0.29) is 32.2 Å². The third-order valence-corrected chi connectivity index (χ3v) is 9.74. The minimum absolute atomic E-state index is 0.00135. The molecule has 336 valence electrons. The van der Waals surface area contributed by atoms with E-state index in [1.165, 1.54) is 38.5 Å². The Morgan fingerprint density at radius 2 is 1.10 bits per heavy atom. The lowest BCUT2D eigenvalue weighted by Gasteiger charge is -2.24. The molecule has 0 aromatic rings. The van der Waals surface area contributed by atoms with Crippen molar-refractivity contribution in [3.05, 3.63) is 97.2 Å². The molecule has 2 N–H and O–H groups in total. The summed E-state index contributed by atoms with van der Waals surface area (Å²) in [6.07, 6.45) is 48.5. The molecular formula is C48H81NO9P+. The van der Waals surface area contributed by atoms with Crippen molar-refractivity contribution in [2.75, 3.05) is 47.5 Å². The highest BCUT2D eigenvalue weighted by atomic mass is 31.2. The molecule has 59 heavy (non-hydrogen) atoms. The van der Waals surface area contributed by atoms with Gasteiger partial charge in [-0.1, -0.05) is 143 Å². The molecular weight excluding hydrogens is 765 g/mol. The molecule has 3 atom stereocenters. The number of hydrogen-bond acceptors (Lipinski definition) is 8. The fraction of sp³-hybridized carbons (Fsp3) is 0.625. The van der Waals surface area contributed by atoms with E-state index in [2.05, 4.69) is 67.7 Å². The highest BCUT2D eigenvalue weighted by molar-refractivity contribution is 7.47. The maximum Gasteiger partial charge on any atom is 0.472 e. The number of carbonyl (C=O) groups excluding carboxylic acids is 2. The Kier molecular flexibility index (Phi) is 37.0. The van der Waals surface area contributed by atoms with E-state index in [1.807, 2.05) is 58.4 Å². The number of aliphatic hydroxyl groups is 1. The number of quaternary nitrogens is 1. The predicted molar refractivity (Wildman–Crippen MR) is 244 cm³/mol. The second-order valence-electron chi connectivity index (χ2n) is 15.5. The van der Waals surface area contributed by atoms with Crippen LogP contribution in [-0.2, 0) is 32.7 Å². The zero-order valence-corrected chi connectivity index (χ0v) is 38.2. The van der Waals surface area contributed by atoms with Gasteiger partial charge in [0.15, 0.2) is 6.10 Å². The predicted octanol–water partition coefficient (Wildman–Crippen LogP) is 11.5. The Bertz CT molecular complexity index is 1340. The maximum absolute atomic E-state index is 12.7. The fourth-order valence-corrected chi connectivity index (χ4v) is 5.87. The van der Waals surface area contributed by atoms with E-state index < -0.39 is 32.5 Å². The molecule has 0 saturated heterocycles. The van der Waals surface area contributed by atoms with Crippen molar-refractivity contribution in [3.63, 3.8) is 0 Å². The van der Waals surface area contributed by atoms with Crippen LogP contribution < -0.4 is 0 Å². The van der Waals surface area contributed by atoms with Gasteiger partial charge in [0.05, 0.1) is 33.9 Å². The van der Waals surface area contributed by atoms with Crippen molar-refractivity contribution in [2.45, 2.75) is 148 Å². The van der Waals surface area contributed by atoms with Crippen LogP contribution in [0.4, 0.5) is 0 Å². The number of carbonyl (C=O) groups is 2. The standard InChI is InChI=1S/C48H80NO9P/c1-6-8-9-10-11-12-13-14-15-16-17-21-24-27-30-33-36-39-47(51)55-43-46(44-57-59(53,54)56-42-41-49(3,4)5)58-48(52)40-37-34-31-28-25-22-19-18-20-23-26-29-32-35-38-45(50)7-2/h14-15,17,19-23,27-32,35,38,45-46,50H,6-13,16,18,24-26,33-34,36-37,39-44H2,1-5H3/p+1/b15-14-,21-17-,22-19-,23-20-,30-27-,31-28-,32-29-,38-35+/t45-,46-/m1/s1. The van der Waals surface area contributed by atoms with Gasteiger partial charge in [-0.2, -0.15) is 0 Å². The lowest BCUT2D eigenvalue weighted by molar-refractivity contribution is -0.870. The highest BCUT2D eigenvalue weighted by Crippen LogP contribution is 2.43. The van der Waals surface area contributed by atoms with Gasteiger partial charge in [0.25, 0.3) is 0 Å². The number of ether oxygens (including phenoxy) is 2. The second-order valence-corrected chi connectivity index (χ2v) is 17.0. The molecule has 0 radical (unpaired) electrons. The first kappa shape index (κ1) is 55.9. The van der Waals surface area contributed by atoms with Crippen LogP contribution in [0.2, 0.25) is 0 Å². The van der Waals surface area contributed by atoms with Crippen LogP contribution in [0, 0.1) is 0 Å². The van der Waals surface area contributed by atoms with Crippen molar-refractivity contribution in [1.29, 1.82) is 0 Å². The summed E-state index contributed by atoms with van der Waals surface area (Å²) in [5.41, 5.74) is 0. The highest BCUT2D eigenvalue weighted by Gasteiger charge is 2.27. The lowest BCUT2D eigenvalue weighted by Crippen LogP contribution is -2.37. The molecule has 10 nitrogen and oxygen atoms in total. The molecule has 0 spiro atoms. The average molecular weight is 847 g/mol. The maximum atomic E-state index is 12.7. The van der Waals surface area contributed by atoms with Gasteiger partial charge >= 0.3 is 19.8 Å². The van der Waals surface area contributed by atoms with Crippen molar-refractivity contribution < 1.29 is 47.2 Å². The minimum Gasteiger partial charge on any atom is -0.462 e. The monoisotopic (exact) mass is 847 g/mol. The zero-order chi connectivity index (χ0) is 43.7. The van der Waals surface area contributed by atoms with Crippen LogP contribution in [0.3, 0.4) is 0 Å². The van der Waals surface area contributed by atoms with Crippen LogP contribution in [0.5, 0.6) is 0 Å². The van der Waals surface area contributed by atoms with E-state index in [0.29, 0.717) is 36.7 Å². The first-order chi connectivity index (χ1) is 28.4. The van der Waals surface area contributed by atoms with E-state index in [9.17, 15) is 24.2 Å². The number of unbranched alkanes of at least 4 members (excludes halogenated alkanes) is 8. The number of allylic oxidation sites excluding steroid dienone is 15. The Balaban J connectivity index is 4.58. The largest absolute Gasteiger partial charge is 0.472 e. The first-order valence-electron chi connectivity index (χ1n) is 22.1. The van der Waals surface area contributed by atoms with Crippen molar-refractivity contribution >= 4 is 19.8 Å². The van der Waals surface area contributed by atoms with Crippen LogP contribution >= 0.6 is 7.82 Å². The number of nitrogens with zero attached hydrogens (tertiary/aromatic N) is 1. The summed E-state index contributed by atoms with van der Waals surface area (Å²) in [5.74, 6) is -0.958. The van der Waals surface area contributed by atoms with Gasteiger partial charge in [-0.05, 0) is 77.0 Å². The van der Waals surface area contributed by atoms with Gasteiger partial charge in [0.1, 0.15) is 19.8 Å². The molecule has 0 rings (SSSR count). The number of likely N-dealkylation sites (N-methyl/N-ethyl adjacent to an activating group) is 1. The summed E-state index contributed by atoms with van der Waals surface area (Å²) < 4.78 is 34.1. The third kappa shape index (κ3) is 42.8. The molecule has 0 saturated carbocycles. The number of phosphoric acid groups is 1. The van der Waals surface area contributed by atoms with Crippen LogP contribution in [0.25, 0.3) is 0 Å². The zero-order valence-electron chi connectivity index (χ0n) is 37.3. The molecule has 0 aromatic heterocycles. The van der Waals surface area contributed by atoms with Crippen molar-refractivity contribution in [1.82, 2.24) is 0 Å². The van der Waals surface area contributed by atoms with Gasteiger partial charge in [-0.25, -0.2) is 4.57 Å². The molecule has 0 bridgehead atoms. The van der Waals surface area contributed by atoms with Gasteiger partial charge in [0, 0.05) is 12.8 Å². The Morgan fingerprint density at radius 3 is 1.64 bits per heavy atom. The summed E-state index contributed by atoms with van der Waals surface area (Å²) in [4.78, 5) is 35.3. The average Bonchev–Trinajstić information content (AvgIpc) is 3.19. The number of rotatable bonds is 38. The summed E-state index contributed by atoms with van der Waals surface area (Å²) in [5, 5.41) is 9.49. The Morgan fingerprint density at radius 1 is 0.610 bits per heavy atom. The number of hydrogen-bond donors (Lipinski definition) is 2. The van der Waals surface area contributed by atoms with E-state index in [0.717, 1.165) is 44.9 Å². The van der Waals surface area contributed by atoms with E-state index in [1.54, 1.807) is 6.08 Å². The van der Waals surface area contributed by atoms with Crippen molar-refractivity contribution in [3.8, 4) is 0 Å². The van der Waals surface area contributed by atoms with Gasteiger partial charge in [-0.15, -0.1) is 0 Å². The molecule has 0 heterocycles. The summed E-state index contributed by atoms with van der Waals surface area (Å²) in [7, 11) is 1.37. The molecule has 1 unspecified atom stereocenters. The smallest absolute Gasteiger partial charge is 0.462 e. The van der Waals surface area contributed by atoms with Gasteiger partial charge < -0.3 is 24.0 Å². The topological polar surface area (TPSA) is 129 Å². The summed E-state index contributed by atoms with van der Waals surface area (Å²) in [6, 6.07) is 0. The lowest BCUT2D eigenvalue weighted by atomic mass is 10.1. The Hall–Kier alpha value is -3.11. The number of aliphatic hydroxyl groups excluding tert-OH is 1. The van der Waals surface area contributed by atoms with Crippen molar-refractivity contribution in [2.24, 2.45) is 0 Å². The summed E-state index contributed by atoms with van der Waals surface area (Å²) >= 11 is 0. The summed E-state index contributed by atoms with van der Waals surface area (Å²) in [6.45, 7) is 3.92. The molecule has 0 amide bonds. The number of phosphoric ester groups is 1. The molecule has 0 aliphatic carbocycles. The molecule has 0 aliphatic heterocycles. The SMILES string of the molecule is CCCCCCCC/C=C\C/C=C\C/C=C\CCCC(=O)OC[C@H](COP(=O)(O)OCC[N+](C)(C)C)OC(=O)CCC/C=C\C/C=C\C/C=C\C/C=C\C=C\[C@H](O)CC. The van der Waals surface area contributed by atoms with Gasteiger partial charge in [0.2, 0.25) is 0 Å². The fourth-order valence-electron chi connectivity index (χ4n) is 5.13. The normalized spacial score (nSPS) is 15.0. The number of esters is 2. The molecule has 11 heteroatoms.